The van der Waals surface area contributed by atoms with Gasteiger partial charge in [0.05, 0.1) is 25.0 Å². The van der Waals surface area contributed by atoms with E-state index in [1.165, 1.54) is 23.6 Å². The Morgan fingerprint density at radius 3 is 2.67 bits per heavy atom. The van der Waals surface area contributed by atoms with Crippen molar-refractivity contribution in [1.82, 2.24) is 5.43 Å². The van der Waals surface area contributed by atoms with E-state index in [2.05, 4.69) is 15.8 Å². The number of anilines is 1. The highest BCUT2D eigenvalue weighted by molar-refractivity contribution is 7.17. The molecule has 0 saturated heterocycles. The minimum Gasteiger partial charge on any atom is -0.504 e. The van der Waals surface area contributed by atoms with Gasteiger partial charge in [0.2, 0.25) is 0 Å². The molecule has 2 aromatic rings. The average molecular weight is 474 g/mol. The number of hydrazone groups is 1. The largest absolute Gasteiger partial charge is 0.504 e. The van der Waals surface area contributed by atoms with Crippen LogP contribution in [0.5, 0.6) is 11.5 Å². The number of amides is 2. The number of phenols is 1. The summed E-state index contributed by atoms with van der Waals surface area (Å²) >= 11 is 1.31. The summed E-state index contributed by atoms with van der Waals surface area (Å²) < 4.78 is 10.5. The lowest BCUT2D eigenvalue weighted by Gasteiger charge is -2.08. The fourth-order valence-electron chi connectivity index (χ4n) is 3.51. The molecule has 176 valence electrons. The summed E-state index contributed by atoms with van der Waals surface area (Å²) in [6.45, 7) is 4.11. The van der Waals surface area contributed by atoms with Crippen LogP contribution in [0.1, 0.15) is 59.5 Å². The molecule has 3 N–H and O–H groups in total. The molecule has 10 heteroatoms. The van der Waals surface area contributed by atoms with Crippen molar-refractivity contribution < 1.29 is 29.0 Å². The standard InChI is InChI=1S/C23H27N3O6S/c1-3-31-17-12-14(10-11-16(17)27)13-24-26-21(29)20(28)25-22-19(23(30)32-4-2)15-8-6-5-7-9-18(15)33-22/h10-13,27H,3-9H2,1-2H3,(H,25,28)(H,26,29)/b24-13+. The van der Waals surface area contributed by atoms with Crippen molar-refractivity contribution in [3.05, 3.63) is 39.8 Å². The fraction of sp³-hybridized carbons (Fsp3) is 0.391. The minimum atomic E-state index is -0.978. The Labute approximate surface area is 195 Å². The maximum absolute atomic E-state index is 12.6. The first-order valence-corrected chi connectivity index (χ1v) is 11.7. The highest BCUT2D eigenvalue weighted by Crippen LogP contribution is 2.38. The van der Waals surface area contributed by atoms with Crippen molar-refractivity contribution in [3.8, 4) is 11.5 Å². The Morgan fingerprint density at radius 1 is 1.12 bits per heavy atom. The van der Waals surface area contributed by atoms with Gasteiger partial charge in [0.1, 0.15) is 5.00 Å². The van der Waals surface area contributed by atoms with E-state index in [-0.39, 0.29) is 18.1 Å². The highest BCUT2D eigenvalue weighted by Gasteiger charge is 2.27. The van der Waals surface area contributed by atoms with Crippen LogP contribution in [0.2, 0.25) is 0 Å². The molecule has 1 aliphatic rings. The minimum absolute atomic E-state index is 0.0100. The Kier molecular flexibility index (Phi) is 8.42. The number of thiophene rings is 1. The number of carbonyl (C=O) groups is 3. The predicted octanol–water partition coefficient (Wildman–Crippen LogP) is 3.39. The third-order valence-electron chi connectivity index (χ3n) is 5.00. The predicted molar refractivity (Wildman–Crippen MR) is 125 cm³/mol. The van der Waals surface area contributed by atoms with Crippen LogP contribution in [0.25, 0.3) is 0 Å². The SMILES string of the molecule is CCOC(=O)c1c(NC(=O)C(=O)N/N=C/c2ccc(O)c(OCC)c2)sc2c1CCCCC2. The molecule has 0 saturated carbocycles. The lowest BCUT2D eigenvalue weighted by atomic mass is 10.1. The van der Waals surface area contributed by atoms with Crippen molar-refractivity contribution >= 4 is 40.3 Å². The first kappa shape index (κ1) is 24.2. The van der Waals surface area contributed by atoms with E-state index < -0.39 is 17.8 Å². The molecule has 0 radical (unpaired) electrons. The number of esters is 1. The molecular weight excluding hydrogens is 446 g/mol. The molecule has 0 fully saturated rings. The smallest absolute Gasteiger partial charge is 0.341 e. The van der Waals surface area contributed by atoms with Crippen LogP contribution in [-0.4, -0.2) is 42.3 Å². The molecule has 0 atom stereocenters. The summed E-state index contributed by atoms with van der Waals surface area (Å²) in [7, 11) is 0. The van der Waals surface area contributed by atoms with E-state index in [1.54, 1.807) is 26.0 Å². The number of hydrogen-bond acceptors (Lipinski definition) is 8. The molecule has 3 rings (SSSR count). The van der Waals surface area contributed by atoms with Crippen molar-refractivity contribution in [2.75, 3.05) is 18.5 Å². The van der Waals surface area contributed by atoms with E-state index >= 15 is 0 Å². The Bertz CT molecular complexity index is 1060. The normalized spacial score (nSPS) is 13.2. The van der Waals surface area contributed by atoms with Crippen LogP contribution < -0.4 is 15.5 Å². The summed E-state index contributed by atoms with van der Waals surface area (Å²) in [6, 6.07) is 4.58. The third-order valence-corrected chi connectivity index (χ3v) is 6.20. The van der Waals surface area contributed by atoms with Gasteiger partial charge >= 0.3 is 17.8 Å². The zero-order valence-corrected chi connectivity index (χ0v) is 19.4. The van der Waals surface area contributed by atoms with E-state index in [0.29, 0.717) is 22.7 Å². The number of carbonyl (C=O) groups excluding carboxylic acids is 3. The van der Waals surface area contributed by atoms with Gasteiger partial charge < -0.3 is 19.9 Å². The van der Waals surface area contributed by atoms with Crippen LogP contribution in [0.4, 0.5) is 5.00 Å². The number of nitrogens with zero attached hydrogens (tertiary/aromatic N) is 1. The van der Waals surface area contributed by atoms with Gasteiger partial charge in [-0.3, -0.25) is 9.59 Å². The number of nitrogens with one attached hydrogen (secondary N) is 2. The summed E-state index contributed by atoms with van der Waals surface area (Å²) in [5.41, 5.74) is 3.97. The number of rotatable bonds is 7. The number of aryl methyl sites for hydroxylation is 1. The topological polar surface area (TPSA) is 126 Å². The van der Waals surface area contributed by atoms with Crippen LogP contribution in [0, 0.1) is 0 Å². The van der Waals surface area contributed by atoms with Gasteiger partial charge in [-0.2, -0.15) is 5.10 Å². The van der Waals surface area contributed by atoms with Crippen molar-refractivity contribution in [1.29, 1.82) is 0 Å². The second kappa shape index (κ2) is 11.5. The van der Waals surface area contributed by atoms with Gasteiger partial charge in [0.25, 0.3) is 0 Å². The first-order chi connectivity index (χ1) is 15.9. The number of aromatic hydroxyl groups is 1. The number of phenolic OH excluding ortho intramolecular Hbond substituents is 1. The summed E-state index contributed by atoms with van der Waals surface area (Å²) in [4.78, 5) is 38.3. The summed E-state index contributed by atoms with van der Waals surface area (Å²) in [6.07, 6.45) is 5.95. The zero-order valence-electron chi connectivity index (χ0n) is 18.6. The molecule has 0 aliphatic heterocycles. The Morgan fingerprint density at radius 2 is 1.91 bits per heavy atom. The van der Waals surface area contributed by atoms with E-state index in [1.807, 2.05) is 0 Å². The number of fused-ring (bicyclic) bond motifs is 1. The Hall–Kier alpha value is -3.40. The van der Waals surface area contributed by atoms with Crippen LogP contribution >= 0.6 is 11.3 Å². The quantitative estimate of drug-likeness (QED) is 0.186. The monoisotopic (exact) mass is 473 g/mol. The van der Waals surface area contributed by atoms with Crippen molar-refractivity contribution in [2.24, 2.45) is 5.10 Å². The Balaban J connectivity index is 1.69. The molecular formula is C23H27N3O6S. The zero-order chi connectivity index (χ0) is 23.8. The van der Waals surface area contributed by atoms with Crippen LogP contribution in [0.3, 0.4) is 0 Å². The lowest BCUT2D eigenvalue weighted by Crippen LogP contribution is -2.32. The number of benzene rings is 1. The van der Waals surface area contributed by atoms with Crippen molar-refractivity contribution in [3.63, 3.8) is 0 Å². The lowest BCUT2D eigenvalue weighted by molar-refractivity contribution is -0.136. The van der Waals surface area contributed by atoms with E-state index in [9.17, 15) is 19.5 Å². The third kappa shape index (κ3) is 6.10. The molecule has 0 bridgehead atoms. The molecule has 2 amide bonds. The van der Waals surface area contributed by atoms with Gasteiger partial charge in [0, 0.05) is 4.88 Å². The summed E-state index contributed by atoms with van der Waals surface area (Å²) in [5.74, 6) is -2.13. The van der Waals surface area contributed by atoms with E-state index in [4.69, 9.17) is 9.47 Å². The summed E-state index contributed by atoms with van der Waals surface area (Å²) in [5, 5.41) is 16.4. The first-order valence-electron chi connectivity index (χ1n) is 10.9. The molecule has 33 heavy (non-hydrogen) atoms. The highest BCUT2D eigenvalue weighted by atomic mass is 32.1. The van der Waals surface area contributed by atoms with Gasteiger partial charge in [-0.1, -0.05) is 6.42 Å². The second-order valence-electron chi connectivity index (χ2n) is 7.30. The molecule has 0 unspecified atom stereocenters. The molecule has 9 nitrogen and oxygen atoms in total. The van der Waals surface area contributed by atoms with Gasteiger partial charge in [-0.15, -0.1) is 11.3 Å². The van der Waals surface area contributed by atoms with Gasteiger partial charge in [-0.25, -0.2) is 10.2 Å². The average Bonchev–Trinajstić information content (AvgIpc) is 2.96. The number of ether oxygens (including phenoxy) is 2. The van der Waals surface area contributed by atoms with Crippen LogP contribution in [-0.2, 0) is 27.2 Å². The maximum atomic E-state index is 12.6. The maximum Gasteiger partial charge on any atom is 0.341 e. The molecule has 1 aromatic heterocycles. The van der Waals surface area contributed by atoms with Gasteiger partial charge in [-0.05, 0) is 68.9 Å². The molecule has 1 aliphatic carbocycles. The number of hydrogen-bond donors (Lipinski definition) is 3. The fourth-order valence-corrected chi connectivity index (χ4v) is 4.78. The van der Waals surface area contributed by atoms with Gasteiger partial charge in [0.15, 0.2) is 11.5 Å². The molecule has 1 heterocycles. The molecule has 1 aromatic carbocycles. The van der Waals surface area contributed by atoms with Crippen LogP contribution in [0.15, 0.2) is 23.3 Å². The van der Waals surface area contributed by atoms with Crippen molar-refractivity contribution in [2.45, 2.75) is 46.0 Å². The molecule has 0 spiro atoms. The second-order valence-corrected chi connectivity index (χ2v) is 8.41. The van der Waals surface area contributed by atoms with E-state index in [0.717, 1.165) is 42.5 Å².